The van der Waals surface area contributed by atoms with Gasteiger partial charge in [-0.25, -0.2) is 4.98 Å². The fourth-order valence-corrected chi connectivity index (χ4v) is 2.11. The highest BCUT2D eigenvalue weighted by Gasteiger charge is 2.48. The minimum atomic E-state index is -4.42. The van der Waals surface area contributed by atoms with Crippen LogP contribution in [0.2, 0.25) is 0 Å². The Morgan fingerprint density at radius 3 is 2.75 bits per heavy atom. The molecule has 112 valence electrons. The minimum Gasteiger partial charge on any atom is -0.481 e. The molecule has 1 saturated heterocycles. The number of halogens is 3. The summed E-state index contributed by atoms with van der Waals surface area (Å²) in [7, 11) is 1.44. The Morgan fingerprint density at radius 1 is 1.45 bits per heavy atom. The summed E-state index contributed by atoms with van der Waals surface area (Å²) in [5, 5.41) is 0. The quantitative estimate of drug-likeness (QED) is 0.834. The van der Waals surface area contributed by atoms with Crippen LogP contribution in [0.5, 0.6) is 5.88 Å². The number of morpholine rings is 1. The molecule has 1 fully saturated rings. The van der Waals surface area contributed by atoms with Crippen molar-refractivity contribution in [3.8, 4) is 5.88 Å². The van der Waals surface area contributed by atoms with Gasteiger partial charge in [-0.2, -0.15) is 18.2 Å². The fourth-order valence-electron chi connectivity index (χ4n) is 2.11. The molecule has 0 spiro atoms. The number of hydrogen-bond donors (Lipinski definition) is 0. The van der Waals surface area contributed by atoms with Crippen molar-refractivity contribution in [2.45, 2.75) is 31.7 Å². The highest BCUT2D eigenvalue weighted by atomic mass is 19.4. The van der Waals surface area contributed by atoms with E-state index in [0.29, 0.717) is 5.88 Å². The second kappa shape index (κ2) is 5.08. The van der Waals surface area contributed by atoms with E-state index in [-0.39, 0.29) is 19.0 Å². The summed E-state index contributed by atoms with van der Waals surface area (Å²) < 4.78 is 48.8. The van der Waals surface area contributed by atoms with E-state index in [4.69, 9.17) is 9.47 Å². The molecule has 2 rings (SSSR count). The molecule has 0 aliphatic carbocycles. The molecule has 20 heavy (non-hydrogen) atoms. The minimum absolute atomic E-state index is 0.204. The Hall–Kier alpha value is -1.57. The van der Waals surface area contributed by atoms with Gasteiger partial charge in [0.15, 0.2) is 6.10 Å². The SMILES string of the molecule is COc1ccnc(N2CC(C(F)(F)F)OC(C)(C)C2)n1. The first-order valence-electron chi connectivity index (χ1n) is 6.08. The zero-order valence-corrected chi connectivity index (χ0v) is 11.4. The van der Waals surface area contributed by atoms with Gasteiger partial charge in [0.25, 0.3) is 0 Å². The molecule has 0 aromatic carbocycles. The van der Waals surface area contributed by atoms with Crippen molar-refractivity contribution in [1.82, 2.24) is 9.97 Å². The van der Waals surface area contributed by atoms with Gasteiger partial charge in [-0.3, -0.25) is 0 Å². The van der Waals surface area contributed by atoms with Crippen LogP contribution >= 0.6 is 0 Å². The number of hydrogen-bond acceptors (Lipinski definition) is 5. The molecule has 0 bridgehead atoms. The first kappa shape index (κ1) is 14.8. The number of rotatable bonds is 2. The molecule has 2 heterocycles. The van der Waals surface area contributed by atoms with Crippen molar-refractivity contribution >= 4 is 5.95 Å². The van der Waals surface area contributed by atoms with Gasteiger partial charge in [0, 0.05) is 18.8 Å². The molecule has 0 amide bonds. The Morgan fingerprint density at radius 2 is 2.15 bits per heavy atom. The van der Waals surface area contributed by atoms with E-state index >= 15 is 0 Å². The lowest BCUT2D eigenvalue weighted by atomic mass is 10.1. The van der Waals surface area contributed by atoms with Crippen molar-refractivity contribution in [2.24, 2.45) is 0 Å². The van der Waals surface area contributed by atoms with Gasteiger partial charge < -0.3 is 14.4 Å². The van der Waals surface area contributed by atoms with E-state index < -0.39 is 17.9 Å². The number of anilines is 1. The molecule has 1 atom stereocenters. The highest BCUT2D eigenvalue weighted by Crippen LogP contribution is 2.33. The summed E-state index contributed by atoms with van der Waals surface area (Å²) in [5.74, 6) is 0.512. The topological polar surface area (TPSA) is 47.5 Å². The van der Waals surface area contributed by atoms with Gasteiger partial charge in [-0.15, -0.1) is 0 Å². The lowest BCUT2D eigenvalue weighted by Gasteiger charge is -2.43. The smallest absolute Gasteiger partial charge is 0.416 e. The zero-order chi connectivity index (χ0) is 15.0. The number of methoxy groups -OCH3 is 1. The largest absolute Gasteiger partial charge is 0.481 e. The van der Waals surface area contributed by atoms with Gasteiger partial charge in [0.05, 0.1) is 19.3 Å². The molecule has 0 saturated carbocycles. The van der Waals surface area contributed by atoms with Crippen molar-refractivity contribution in [3.05, 3.63) is 12.3 Å². The maximum absolute atomic E-state index is 12.9. The van der Waals surface area contributed by atoms with E-state index in [2.05, 4.69) is 9.97 Å². The fraction of sp³-hybridized carbons (Fsp3) is 0.667. The molecule has 1 aromatic rings. The lowest BCUT2D eigenvalue weighted by Crippen LogP contribution is -2.57. The van der Waals surface area contributed by atoms with Gasteiger partial charge in [-0.05, 0) is 13.8 Å². The third kappa shape index (κ3) is 3.30. The van der Waals surface area contributed by atoms with Gasteiger partial charge in [-0.1, -0.05) is 0 Å². The third-order valence-corrected chi connectivity index (χ3v) is 2.89. The first-order chi connectivity index (χ1) is 9.21. The maximum Gasteiger partial charge on any atom is 0.416 e. The summed E-state index contributed by atoms with van der Waals surface area (Å²) in [4.78, 5) is 9.53. The normalized spacial score (nSPS) is 22.7. The summed E-state index contributed by atoms with van der Waals surface area (Å²) in [6.45, 7) is 3.16. The summed E-state index contributed by atoms with van der Waals surface area (Å²) in [6.07, 6.45) is -4.83. The van der Waals surface area contributed by atoms with Gasteiger partial charge in [0.1, 0.15) is 0 Å². The van der Waals surface area contributed by atoms with Crippen molar-refractivity contribution < 1.29 is 22.6 Å². The number of alkyl halides is 3. The Balaban J connectivity index is 2.26. The van der Waals surface area contributed by atoms with E-state index in [1.807, 2.05) is 0 Å². The summed E-state index contributed by atoms with van der Waals surface area (Å²) in [5.41, 5.74) is -0.940. The second-order valence-electron chi connectivity index (χ2n) is 5.19. The molecular formula is C12H16F3N3O2. The molecule has 0 N–H and O–H groups in total. The number of ether oxygens (including phenoxy) is 2. The molecule has 1 aromatic heterocycles. The summed E-state index contributed by atoms with van der Waals surface area (Å²) in [6, 6.07) is 1.54. The summed E-state index contributed by atoms with van der Waals surface area (Å²) >= 11 is 0. The van der Waals surface area contributed by atoms with Crippen LogP contribution in [0.25, 0.3) is 0 Å². The monoisotopic (exact) mass is 291 g/mol. The van der Waals surface area contributed by atoms with Crippen LogP contribution < -0.4 is 9.64 Å². The van der Waals surface area contributed by atoms with E-state index in [9.17, 15) is 13.2 Å². The molecular weight excluding hydrogens is 275 g/mol. The average molecular weight is 291 g/mol. The van der Waals surface area contributed by atoms with Crippen LogP contribution in [0.4, 0.5) is 19.1 Å². The predicted molar refractivity (Wildman–Crippen MR) is 65.8 cm³/mol. The van der Waals surface area contributed by atoms with E-state index in [0.717, 1.165) is 0 Å². The molecule has 0 radical (unpaired) electrons. The first-order valence-corrected chi connectivity index (χ1v) is 6.08. The molecule has 8 heteroatoms. The standard InChI is InChI=1S/C12H16F3N3O2/c1-11(2)7-18(6-8(20-11)12(13,14)15)10-16-5-4-9(17-10)19-3/h4-5,8H,6-7H2,1-3H3. The Bertz CT molecular complexity index is 479. The van der Waals surface area contributed by atoms with Crippen molar-refractivity contribution in [3.63, 3.8) is 0 Å². The van der Waals surface area contributed by atoms with Gasteiger partial charge >= 0.3 is 6.18 Å². The maximum atomic E-state index is 12.9. The van der Waals surface area contributed by atoms with Crippen molar-refractivity contribution in [1.29, 1.82) is 0 Å². The Kier molecular flexibility index (Phi) is 3.77. The lowest BCUT2D eigenvalue weighted by molar-refractivity contribution is -0.251. The van der Waals surface area contributed by atoms with Crippen LogP contribution in [-0.2, 0) is 4.74 Å². The molecule has 1 aliphatic heterocycles. The second-order valence-corrected chi connectivity index (χ2v) is 5.19. The average Bonchev–Trinajstić information content (AvgIpc) is 2.36. The van der Waals surface area contributed by atoms with E-state index in [1.165, 1.54) is 24.3 Å². The zero-order valence-electron chi connectivity index (χ0n) is 11.4. The van der Waals surface area contributed by atoms with Gasteiger partial charge in [0.2, 0.25) is 11.8 Å². The third-order valence-electron chi connectivity index (χ3n) is 2.89. The Labute approximate surface area is 114 Å². The van der Waals surface area contributed by atoms with E-state index in [1.54, 1.807) is 13.8 Å². The number of aromatic nitrogens is 2. The molecule has 1 unspecified atom stereocenters. The highest BCUT2D eigenvalue weighted by molar-refractivity contribution is 5.34. The number of nitrogens with zero attached hydrogens (tertiary/aromatic N) is 3. The van der Waals surface area contributed by atoms with Crippen LogP contribution in [0.1, 0.15) is 13.8 Å². The molecule has 1 aliphatic rings. The van der Waals surface area contributed by atoms with Crippen LogP contribution in [0, 0.1) is 0 Å². The van der Waals surface area contributed by atoms with Crippen LogP contribution in [0.3, 0.4) is 0 Å². The molecule has 5 nitrogen and oxygen atoms in total. The van der Waals surface area contributed by atoms with Crippen LogP contribution in [0.15, 0.2) is 12.3 Å². The van der Waals surface area contributed by atoms with Crippen LogP contribution in [-0.4, -0.2) is 48.0 Å². The predicted octanol–water partition coefficient (Wildman–Crippen LogP) is 2.03. The van der Waals surface area contributed by atoms with Crippen molar-refractivity contribution in [2.75, 3.05) is 25.1 Å².